The number of rotatable bonds is 4. The monoisotopic (exact) mass is 248 g/mol. The van der Waals surface area contributed by atoms with E-state index in [0.717, 1.165) is 5.76 Å². The van der Waals surface area contributed by atoms with E-state index < -0.39 is 0 Å². The van der Waals surface area contributed by atoms with Gasteiger partial charge in [-0.2, -0.15) is 4.98 Å². The van der Waals surface area contributed by atoms with E-state index in [1.165, 1.54) is 0 Å². The minimum absolute atomic E-state index is 0.0716. The number of nitrogens with one attached hydrogen (secondary N) is 1. The van der Waals surface area contributed by atoms with Crippen molar-refractivity contribution in [2.75, 3.05) is 12.4 Å². The number of ether oxygens (including phenoxy) is 1. The minimum atomic E-state index is -0.0716. The van der Waals surface area contributed by atoms with Gasteiger partial charge in [0.15, 0.2) is 0 Å². The van der Waals surface area contributed by atoms with Crippen LogP contribution in [0.25, 0.3) is 0 Å². The molecule has 1 atom stereocenters. The smallest absolute Gasteiger partial charge is 0.218 e. The molecule has 1 N–H and O–H groups in total. The number of nitrogens with zero attached hydrogens (tertiary/aromatic N) is 3. The Balaban J connectivity index is 2.16. The van der Waals surface area contributed by atoms with Crippen LogP contribution in [0.1, 0.15) is 30.4 Å². The molecule has 2 heterocycles. The van der Waals surface area contributed by atoms with Crippen LogP contribution in [0.5, 0.6) is 5.88 Å². The highest BCUT2D eigenvalue weighted by Gasteiger charge is 2.12. The number of methoxy groups -OCH3 is 1. The van der Waals surface area contributed by atoms with Crippen molar-refractivity contribution < 1.29 is 9.15 Å². The Labute approximate surface area is 105 Å². The molecule has 6 heteroatoms. The first kappa shape index (κ1) is 12.3. The van der Waals surface area contributed by atoms with Gasteiger partial charge < -0.3 is 14.5 Å². The number of anilines is 1. The van der Waals surface area contributed by atoms with Crippen LogP contribution in [-0.2, 0) is 0 Å². The summed E-state index contributed by atoms with van der Waals surface area (Å²) in [4.78, 5) is 12.6. The first-order valence-electron chi connectivity index (χ1n) is 5.67. The van der Waals surface area contributed by atoms with E-state index in [-0.39, 0.29) is 6.04 Å². The summed E-state index contributed by atoms with van der Waals surface area (Å²) < 4.78 is 10.6. The van der Waals surface area contributed by atoms with Crippen LogP contribution in [0.15, 0.2) is 16.7 Å². The summed E-state index contributed by atoms with van der Waals surface area (Å²) in [6.07, 6.45) is 1.69. The molecule has 0 amide bonds. The highest BCUT2D eigenvalue weighted by Crippen LogP contribution is 2.20. The van der Waals surface area contributed by atoms with Crippen molar-refractivity contribution >= 4 is 5.82 Å². The van der Waals surface area contributed by atoms with Crippen LogP contribution >= 0.6 is 0 Å². The molecule has 96 valence electrons. The molecule has 0 aliphatic heterocycles. The van der Waals surface area contributed by atoms with Gasteiger partial charge in [0.2, 0.25) is 11.8 Å². The zero-order chi connectivity index (χ0) is 13.1. The fourth-order valence-corrected chi connectivity index (χ4v) is 1.57. The number of aromatic nitrogens is 3. The lowest BCUT2D eigenvalue weighted by atomic mass is 10.3. The quantitative estimate of drug-likeness (QED) is 0.894. The molecule has 0 bridgehead atoms. The summed E-state index contributed by atoms with van der Waals surface area (Å²) in [6.45, 7) is 5.63. The normalized spacial score (nSPS) is 12.2. The molecule has 0 spiro atoms. The van der Waals surface area contributed by atoms with E-state index in [0.29, 0.717) is 23.4 Å². The van der Waals surface area contributed by atoms with E-state index in [9.17, 15) is 0 Å². The molecule has 18 heavy (non-hydrogen) atoms. The second-order valence-electron chi connectivity index (χ2n) is 4.02. The molecule has 0 saturated carbocycles. The van der Waals surface area contributed by atoms with Gasteiger partial charge in [-0.3, -0.25) is 0 Å². The van der Waals surface area contributed by atoms with Crippen molar-refractivity contribution in [2.45, 2.75) is 26.8 Å². The van der Waals surface area contributed by atoms with Crippen LogP contribution in [0.2, 0.25) is 0 Å². The number of aryl methyl sites for hydroxylation is 2. The van der Waals surface area contributed by atoms with Gasteiger partial charge >= 0.3 is 0 Å². The third kappa shape index (κ3) is 2.77. The van der Waals surface area contributed by atoms with Crippen molar-refractivity contribution in [1.29, 1.82) is 0 Å². The number of hydrogen-bond donors (Lipinski definition) is 1. The van der Waals surface area contributed by atoms with Gasteiger partial charge in [0, 0.05) is 6.07 Å². The predicted molar refractivity (Wildman–Crippen MR) is 66.6 cm³/mol. The van der Waals surface area contributed by atoms with Gasteiger partial charge in [0.1, 0.15) is 23.4 Å². The molecule has 1 unspecified atom stereocenters. The summed E-state index contributed by atoms with van der Waals surface area (Å²) in [5.41, 5.74) is 0. The molecule has 0 aliphatic carbocycles. The third-order valence-corrected chi connectivity index (χ3v) is 2.40. The van der Waals surface area contributed by atoms with Crippen molar-refractivity contribution in [3.8, 4) is 5.88 Å². The fraction of sp³-hybridized carbons (Fsp3) is 0.417. The van der Waals surface area contributed by atoms with Crippen LogP contribution < -0.4 is 10.1 Å². The van der Waals surface area contributed by atoms with E-state index in [1.807, 2.05) is 20.8 Å². The van der Waals surface area contributed by atoms with Crippen LogP contribution in [-0.4, -0.2) is 22.1 Å². The van der Waals surface area contributed by atoms with E-state index in [4.69, 9.17) is 9.15 Å². The minimum Gasteiger partial charge on any atom is -0.481 e. The number of hydrogen-bond acceptors (Lipinski definition) is 6. The van der Waals surface area contributed by atoms with Crippen LogP contribution in [0, 0.1) is 13.8 Å². The maximum atomic E-state index is 5.46. The Kier molecular flexibility index (Phi) is 3.45. The zero-order valence-electron chi connectivity index (χ0n) is 10.9. The average molecular weight is 248 g/mol. The van der Waals surface area contributed by atoms with Gasteiger partial charge in [0.05, 0.1) is 13.3 Å². The highest BCUT2D eigenvalue weighted by atomic mass is 16.5. The molecule has 0 fully saturated rings. The fourth-order valence-electron chi connectivity index (χ4n) is 1.57. The summed E-state index contributed by atoms with van der Waals surface area (Å²) in [5.74, 6) is 3.27. The molecule has 0 radical (unpaired) electrons. The summed E-state index contributed by atoms with van der Waals surface area (Å²) in [5, 5.41) is 3.20. The van der Waals surface area contributed by atoms with Gasteiger partial charge in [-0.15, -0.1) is 0 Å². The topological polar surface area (TPSA) is 73.1 Å². The maximum Gasteiger partial charge on any atom is 0.218 e. The van der Waals surface area contributed by atoms with Crippen molar-refractivity contribution in [3.63, 3.8) is 0 Å². The summed E-state index contributed by atoms with van der Waals surface area (Å²) in [6, 6.07) is 1.66. The van der Waals surface area contributed by atoms with Gasteiger partial charge in [-0.05, 0) is 20.8 Å². The van der Waals surface area contributed by atoms with E-state index in [2.05, 4.69) is 20.3 Å². The second kappa shape index (κ2) is 5.03. The second-order valence-corrected chi connectivity index (χ2v) is 4.02. The lowest BCUT2D eigenvalue weighted by Crippen LogP contribution is -2.09. The van der Waals surface area contributed by atoms with E-state index >= 15 is 0 Å². The average Bonchev–Trinajstić information content (AvgIpc) is 2.75. The van der Waals surface area contributed by atoms with Crippen molar-refractivity contribution in [2.24, 2.45) is 0 Å². The molecule has 0 saturated heterocycles. The van der Waals surface area contributed by atoms with E-state index in [1.54, 1.807) is 19.4 Å². The predicted octanol–water partition coefficient (Wildman–Crippen LogP) is 2.26. The Morgan fingerprint density at radius 1 is 1.33 bits per heavy atom. The van der Waals surface area contributed by atoms with Crippen LogP contribution in [0.4, 0.5) is 5.82 Å². The molecule has 2 aromatic rings. The first-order chi connectivity index (χ1) is 8.58. The third-order valence-electron chi connectivity index (χ3n) is 2.40. The molecule has 0 aromatic carbocycles. The Morgan fingerprint density at radius 2 is 2.11 bits per heavy atom. The van der Waals surface area contributed by atoms with Crippen molar-refractivity contribution in [1.82, 2.24) is 15.0 Å². The van der Waals surface area contributed by atoms with Crippen LogP contribution in [0.3, 0.4) is 0 Å². The molecule has 0 aliphatic rings. The summed E-state index contributed by atoms with van der Waals surface area (Å²) in [7, 11) is 1.58. The Bertz CT molecular complexity index is 539. The standard InChI is InChI=1S/C12H16N4O2/c1-7-6-13-12(18-7)8(2)14-10-5-11(17-4)16-9(3)15-10/h5-6,8H,1-4H3,(H,14,15,16). The summed E-state index contributed by atoms with van der Waals surface area (Å²) >= 11 is 0. The SMILES string of the molecule is COc1cc(NC(C)c2ncc(C)o2)nc(C)n1. The van der Waals surface area contributed by atoms with Gasteiger partial charge in [-0.1, -0.05) is 0 Å². The Morgan fingerprint density at radius 3 is 2.72 bits per heavy atom. The largest absolute Gasteiger partial charge is 0.481 e. The molecule has 6 nitrogen and oxygen atoms in total. The number of oxazole rings is 1. The molecular formula is C12H16N4O2. The van der Waals surface area contributed by atoms with Gasteiger partial charge in [0.25, 0.3) is 0 Å². The lowest BCUT2D eigenvalue weighted by molar-refractivity contribution is 0.395. The Hall–Kier alpha value is -2.11. The molecule has 2 aromatic heterocycles. The van der Waals surface area contributed by atoms with Crippen molar-refractivity contribution in [3.05, 3.63) is 29.7 Å². The lowest BCUT2D eigenvalue weighted by Gasteiger charge is -2.12. The van der Waals surface area contributed by atoms with Gasteiger partial charge in [-0.25, -0.2) is 9.97 Å². The highest BCUT2D eigenvalue weighted by molar-refractivity contribution is 5.39. The molecular weight excluding hydrogens is 232 g/mol. The molecule has 2 rings (SSSR count). The maximum absolute atomic E-state index is 5.46. The zero-order valence-corrected chi connectivity index (χ0v) is 10.9. The first-order valence-corrected chi connectivity index (χ1v) is 5.67.